The Hall–Kier alpha value is -1.45. The molecule has 0 amide bonds. The molecule has 1 aromatic heterocycles. The summed E-state index contributed by atoms with van der Waals surface area (Å²) in [4.78, 5) is 10.4. The summed E-state index contributed by atoms with van der Waals surface area (Å²) in [5, 5.41) is 23.3. The summed E-state index contributed by atoms with van der Waals surface area (Å²) >= 11 is 0. The second-order valence-electron chi connectivity index (χ2n) is 3.54. The van der Waals surface area contributed by atoms with Gasteiger partial charge >= 0.3 is 5.97 Å². The molecule has 0 spiro atoms. The predicted octanol–water partition coefficient (Wildman–Crippen LogP) is -0.925. The molecule has 0 aliphatic heterocycles. The standard InChI is InChI=1S/C8H13N3O5S/c1-4(3-12)11-17(15,16)7-5(2)9-10-6(7)8(13)14/h4,11-12H,3H2,1-2H3,(H,9,10)(H,13,14)/t4-/m1/s1. The largest absolute Gasteiger partial charge is 0.476 e. The van der Waals surface area contributed by atoms with Gasteiger partial charge in [0.1, 0.15) is 4.90 Å². The van der Waals surface area contributed by atoms with Crippen molar-refractivity contribution in [2.24, 2.45) is 0 Å². The number of aromatic nitrogens is 2. The molecule has 0 fully saturated rings. The Morgan fingerprint density at radius 3 is 2.65 bits per heavy atom. The monoisotopic (exact) mass is 263 g/mol. The van der Waals surface area contributed by atoms with E-state index in [9.17, 15) is 13.2 Å². The number of sulfonamides is 1. The van der Waals surface area contributed by atoms with Gasteiger partial charge in [0.2, 0.25) is 10.0 Å². The number of aromatic carboxylic acids is 1. The van der Waals surface area contributed by atoms with E-state index in [1.54, 1.807) is 0 Å². The number of aromatic amines is 1. The van der Waals surface area contributed by atoms with E-state index in [1.807, 2.05) is 0 Å². The Kier molecular flexibility index (Phi) is 3.86. The van der Waals surface area contributed by atoms with Crippen LogP contribution in [0.1, 0.15) is 23.1 Å². The number of aliphatic hydroxyl groups excluding tert-OH is 1. The fourth-order valence-corrected chi connectivity index (χ4v) is 2.81. The van der Waals surface area contributed by atoms with Gasteiger partial charge in [0.05, 0.1) is 12.3 Å². The minimum atomic E-state index is -4.02. The van der Waals surface area contributed by atoms with Crippen molar-refractivity contribution < 1.29 is 23.4 Å². The number of carbonyl (C=O) groups is 1. The Labute approximate surface area is 97.7 Å². The van der Waals surface area contributed by atoms with Crippen LogP contribution >= 0.6 is 0 Å². The number of carboxylic acids is 1. The van der Waals surface area contributed by atoms with Gasteiger partial charge in [-0.05, 0) is 13.8 Å². The molecule has 1 aromatic rings. The van der Waals surface area contributed by atoms with Crippen LogP contribution in [0.3, 0.4) is 0 Å². The van der Waals surface area contributed by atoms with Gasteiger partial charge in [0, 0.05) is 6.04 Å². The Balaban J connectivity index is 3.23. The van der Waals surface area contributed by atoms with Crippen molar-refractivity contribution in [3.8, 4) is 0 Å². The van der Waals surface area contributed by atoms with Crippen molar-refractivity contribution in [2.45, 2.75) is 24.8 Å². The van der Waals surface area contributed by atoms with Gasteiger partial charge in [-0.25, -0.2) is 17.9 Å². The van der Waals surface area contributed by atoms with Gasteiger partial charge in [0.15, 0.2) is 5.69 Å². The smallest absolute Gasteiger partial charge is 0.357 e. The molecular formula is C8H13N3O5S. The van der Waals surface area contributed by atoms with Crippen LogP contribution in [0.2, 0.25) is 0 Å². The summed E-state index contributed by atoms with van der Waals surface area (Å²) < 4.78 is 25.9. The molecule has 4 N–H and O–H groups in total. The molecule has 0 aromatic carbocycles. The van der Waals surface area contributed by atoms with Crippen LogP contribution < -0.4 is 4.72 Å². The van der Waals surface area contributed by atoms with E-state index in [4.69, 9.17) is 10.2 Å². The van der Waals surface area contributed by atoms with Crippen LogP contribution in [0, 0.1) is 6.92 Å². The molecule has 0 aliphatic rings. The number of aliphatic hydroxyl groups is 1. The van der Waals surface area contributed by atoms with Crippen LogP contribution in [0.15, 0.2) is 4.90 Å². The summed E-state index contributed by atoms with van der Waals surface area (Å²) in [6.45, 7) is 2.46. The van der Waals surface area contributed by atoms with Gasteiger partial charge in [0.25, 0.3) is 0 Å². The maximum Gasteiger partial charge on any atom is 0.357 e. The lowest BCUT2D eigenvalue weighted by Gasteiger charge is -2.11. The molecule has 8 nitrogen and oxygen atoms in total. The quantitative estimate of drug-likeness (QED) is 0.543. The predicted molar refractivity (Wildman–Crippen MR) is 57.2 cm³/mol. The molecule has 0 saturated carbocycles. The lowest BCUT2D eigenvalue weighted by atomic mass is 10.4. The van der Waals surface area contributed by atoms with Gasteiger partial charge in [-0.2, -0.15) is 5.10 Å². The first-order valence-corrected chi connectivity index (χ1v) is 6.19. The molecule has 96 valence electrons. The number of nitrogens with zero attached hydrogens (tertiary/aromatic N) is 1. The zero-order chi connectivity index (χ0) is 13.2. The summed E-state index contributed by atoms with van der Waals surface area (Å²) in [6.07, 6.45) is 0. The average Bonchev–Trinajstić information content (AvgIpc) is 2.60. The summed E-state index contributed by atoms with van der Waals surface area (Å²) in [7, 11) is -4.02. The van der Waals surface area contributed by atoms with E-state index >= 15 is 0 Å². The first-order chi connectivity index (χ1) is 7.79. The molecule has 17 heavy (non-hydrogen) atoms. The van der Waals surface area contributed by atoms with E-state index in [0.29, 0.717) is 0 Å². The van der Waals surface area contributed by atoms with Gasteiger partial charge in [-0.1, -0.05) is 0 Å². The molecule has 1 rings (SSSR count). The molecule has 0 bridgehead atoms. The van der Waals surface area contributed by atoms with Crippen LogP contribution in [0.4, 0.5) is 0 Å². The first-order valence-electron chi connectivity index (χ1n) is 4.71. The molecule has 0 saturated heterocycles. The highest BCUT2D eigenvalue weighted by Crippen LogP contribution is 2.17. The normalized spacial score (nSPS) is 13.6. The van der Waals surface area contributed by atoms with Crippen LogP contribution in [-0.4, -0.2) is 47.4 Å². The van der Waals surface area contributed by atoms with Gasteiger partial charge in [-0.3, -0.25) is 5.10 Å². The fourth-order valence-electron chi connectivity index (χ4n) is 1.25. The fraction of sp³-hybridized carbons (Fsp3) is 0.500. The lowest BCUT2D eigenvalue weighted by Crippen LogP contribution is -2.35. The van der Waals surface area contributed by atoms with Crippen LogP contribution in [0.5, 0.6) is 0 Å². The van der Waals surface area contributed by atoms with E-state index in [-0.39, 0.29) is 5.69 Å². The second-order valence-corrected chi connectivity index (χ2v) is 5.19. The van der Waals surface area contributed by atoms with E-state index in [0.717, 1.165) is 0 Å². The third-order valence-electron chi connectivity index (χ3n) is 1.99. The summed E-state index contributed by atoms with van der Waals surface area (Å²) in [5.41, 5.74) is -0.444. The second kappa shape index (κ2) is 4.82. The number of carboxylic acid groups (broad SMARTS) is 1. The van der Waals surface area contributed by atoms with Gasteiger partial charge in [-0.15, -0.1) is 0 Å². The Bertz CT molecular complexity index is 521. The number of aryl methyl sites for hydroxylation is 1. The molecule has 0 unspecified atom stereocenters. The lowest BCUT2D eigenvalue weighted by molar-refractivity contribution is 0.0686. The Morgan fingerprint density at radius 1 is 1.59 bits per heavy atom. The number of rotatable bonds is 5. The maximum absolute atomic E-state index is 11.9. The molecule has 1 heterocycles. The Morgan fingerprint density at radius 2 is 2.18 bits per heavy atom. The van der Waals surface area contributed by atoms with E-state index < -0.39 is 39.2 Å². The van der Waals surface area contributed by atoms with Crippen LogP contribution in [-0.2, 0) is 10.0 Å². The highest BCUT2D eigenvalue weighted by molar-refractivity contribution is 7.89. The maximum atomic E-state index is 11.9. The molecule has 0 aliphatic carbocycles. The summed E-state index contributed by atoms with van der Waals surface area (Å²) in [6, 6.07) is -0.712. The van der Waals surface area contributed by atoms with Crippen molar-refractivity contribution in [3.63, 3.8) is 0 Å². The minimum Gasteiger partial charge on any atom is -0.476 e. The number of H-pyrrole nitrogens is 1. The topological polar surface area (TPSA) is 132 Å². The average molecular weight is 263 g/mol. The SMILES string of the molecule is Cc1[nH]nc(C(=O)O)c1S(=O)(=O)N[C@H](C)CO. The highest BCUT2D eigenvalue weighted by Gasteiger charge is 2.29. The van der Waals surface area contributed by atoms with E-state index in [2.05, 4.69) is 14.9 Å². The molecule has 1 atom stereocenters. The van der Waals surface area contributed by atoms with Gasteiger partial charge < -0.3 is 10.2 Å². The van der Waals surface area contributed by atoms with Crippen molar-refractivity contribution in [1.29, 1.82) is 0 Å². The van der Waals surface area contributed by atoms with Crippen molar-refractivity contribution in [3.05, 3.63) is 11.4 Å². The summed E-state index contributed by atoms with van der Waals surface area (Å²) in [5.74, 6) is -1.44. The third kappa shape index (κ3) is 2.81. The van der Waals surface area contributed by atoms with Crippen molar-refractivity contribution in [1.82, 2.24) is 14.9 Å². The van der Waals surface area contributed by atoms with Crippen molar-refractivity contribution >= 4 is 16.0 Å². The third-order valence-corrected chi connectivity index (χ3v) is 3.74. The van der Waals surface area contributed by atoms with Crippen LogP contribution in [0.25, 0.3) is 0 Å². The minimum absolute atomic E-state index is 0.125. The number of hydrogen-bond acceptors (Lipinski definition) is 5. The zero-order valence-corrected chi connectivity index (χ0v) is 10.1. The van der Waals surface area contributed by atoms with E-state index in [1.165, 1.54) is 13.8 Å². The number of hydrogen-bond donors (Lipinski definition) is 4. The first kappa shape index (κ1) is 13.6. The molecular weight excluding hydrogens is 250 g/mol. The number of nitrogens with one attached hydrogen (secondary N) is 2. The highest BCUT2D eigenvalue weighted by atomic mass is 32.2. The molecule has 9 heteroatoms. The van der Waals surface area contributed by atoms with Crippen molar-refractivity contribution in [2.75, 3.05) is 6.61 Å². The zero-order valence-electron chi connectivity index (χ0n) is 9.26. The molecule has 0 radical (unpaired) electrons.